The van der Waals surface area contributed by atoms with Gasteiger partial charge in [0.25, 0.3) is 0 Å². The molecule has 0 bridgehead atoms. The van der Waals surface area contributed by atoms with Gasteiger partial charge in [-0.05, 0) is 38.0 Å². The van der Waals surface area contributed by atoms with E-state index in [0.29, 0.717) is 6.04 Å². The SMILES string of the molecule is CCC1CCC(NC(=O)C(N)CC)CC1. The molecule has 3 heteroatoms. The molecule has 0 aliphatic heterocycles. The highest BCUT2D eigenvalue weighted by molar-refractivity contribution is 5.81. The Labute approximate surface area is 92.8 Å². The summed E-state index contributed by atoms with van der Waals surface area (Å²) in [6.07, 6.45) is 6.75. The molecule has 88 valence electrons. The number of carbonyl (C=O) groups excluding carboxylic acids is 1. The predicted molar refractivity (Wildman–Crippen MR) is 62.4 cm³/mol. The van der Waals surface area contributed by atoms with Gasteiger partial charge >= 0.3 is 0 Å². The summed E-state index contributed by atoms with van der Waals surface area (Å²) in [5, 5.41) is 3.05. The van der Waals surface area contributed by atoms with Crippen LogP contribution in [0.4, 0.5) is 0 Å². The van der Waals surface area contributed by atoms with E-state index in [2.05, 4.69) is 12.2 Å². The molecule has 1 rings (SSSR count). The third-order valence-corrected chi connectivity index (χ3v) is 3.55. The van der Waals surface area contributed by atoms with Crippen molar-refractivity contribution >= 4 is 5.91 Å². The van der Waals surface area contributed by atoms with E-state index >= 15 is 0 Å². The number of carbonyl (C=O) groups is 1. The summed E-state index contributed by atoms with van der Waals surface area (Å²) in [4.78, 5) is 11.6. The Balaban J connectivity index is 2.26. The molecule has 0 radical (unpaired) electrons. The van der Waals surface area contributed by atoms with Gasteiger partial charge in [-0.15, -0.1) is 0 Å². The van der Waals surface area contributed by atoms with Gasteiger partial charge in [0.05, 0.1) is 6.04 Å². The van der Waals surface area contributed by atoms with E-state index in [4.69, 9.17) is 5.73 Å². The summed E-state index contributed by atoms with van der Waals surface area (Å²) in [5.74, 6) is 0.899. The van der Waals surface area contributed by atoms with Crippen molar-refractivity contribution in [3.63, 3.8) is 0 Å². The molecule has 1 fully saturated rings. The zero-order chi connectivity index (χ0) is 11.3. The zero-order valence-electron chi connectivity index (χ0n) is 9.96. The van der Waals surface area contributed by atoms with Crippen LogP contribution in [0.1, 0.15) is 52.4 Å². The highest BCUT2D eigenvalue weighted by Crippen LogP contribution is 2.26. The van der Waals surface area contributed by atoms with Crippen LogP contribution in [0.5, 0.6) is 0 Å². The molecule has 0 aromatic heterocycles. The second kappa shape index (κ2) is 6.11. The standard InChI is InChI=1S/C12H24N2O/c1-3-9-5-7-10(8-6-9)14-12(15)11(13)4-2/h9-11H,3-8,13H2,1-2H3,(H,14,15). The van der Waals surface area contributed by atoms with Gasteiger partial charge in [0.2, 0.25) is 5.91 Å². The Morgan fingerprint density at radius 2 is 1.93 bits per heavy atom. The van der Waals surface area contributed by atoms with E-state index in [9.17, 15) is 4.79 Å². The lowest BCUT2D eigenvalue weighted by Gasteiger charge is -2.29. The zero-order valence-corrected chi connectivity index (χ0v) is 9.96. The van der Waals surface area contributed by atoms with Crippen molar-refractivity contribution in [2.75, 3.05) is 0 Å². The minimum Gasteiger partial charge on any atom is -0.352 e. The van der Waals surface area contributed by atoms with Crippen molar-refractivity contribution in [3.05, 3.63) is 0 Å². The van der Waals surface area contributed by atoms with Crippen molar-refractivity contribution in [1.82, 2.24) is 5.32 Å². The van der Waals surface area contributed by atoms with Crippen LogP contribution in [0, 0.1) is 5.92 Å². The fraction of sp³-hybridized carbons (Fsp3) is 0.917. The van der Waals surface area contributed by atoms with E-state index in [-0.39, 0.29) is 11.9 Å². The van der Waals surface area contributed by atoms with Gasteiger partial charge in [0, 0.05) is 6.04 Å². The minimum absolute atomic E-state index is 0.0254. The average Bonchev–Trinajstić information content (AvgIpc) is 2.29. The van der Waals surface area contributed by atoms with Crippen LogP contribution in [0.15, 0.2) is 0 Å². The number of hydrogen-bond donors (Lipinski definition) is 2. The number of amides is 1. The fourth-order valence-corrected chi connectivity index (χ4v) is 2.21. The van der Waals surface area contributed by atoms with Crippen molar-refractivity contribution in [2.45, 2.75) is 64.5 Å². The first-order valence-corrected chi connectivity index (χ1v) is 6.23. The van der Waals surface area contributed by atoms with Gasteiger partial charge in [0.1, 0.15) is 0 Å². The largest absolute Gasteiger partial charge is 0.352 e. The first-order valence-electron chi connectivity index (χ1n) is 6.23. The number of hydrogen-bond acceptors (Lipinski definition) is 2. The number of nitrogens with one attached hydrogen (secondary N) is 1. The maximum absolute atomic E-state index is 11.6. The third-order valence-electron chi connectivity index (χ3n) is 3.55. The lowest BCUT2D eigenvalue weighted by atomic mass is 9.84. The van der Waals surface area contributed by atoms with E-state index in [0.717, 1.165) is 25.2 Å². The van der Waals surface area contributed by atoms with Gasteiger partial charge in [-0.2, -0.15) is 0 Å². The van der Waals surface area contributed by atoms with Crippen molar-refractivity contribution in [2.24, 2.45) is 11.7 Å². The Morgan fingerprint density at radius 3 is 2.40 bits per heavy atom. The van der Waals surface area contributed by atoms with Crippen LogP contribution in [0.3, 0.4) is 0 Å². The molecular formula is C12H24N2O. The predicted octanol–water partition coefficient (Wildman–Crippen LogP) is 1.81. The summed E-state index contributed by atoms with van der Waals surface area (Å²) in [6, 6.07) is 0.0480. The van der Waals surface area contributed by atoms with Gasteiger partial charge < -0.3 is 11.1 Å². The summed E-state index contributed by atoms with van der Waals surface area (Å²) in [6.45, 7) is 4.19. The lowest BCUT2D eigenvalue weighted by Crippen LogP contribution is -2.46. The molecule has 0 spiro atoms. The van der Waals surface area contributed by atoms with Crippen LogP contribution >= 0.6 is 0 Å². The minimum atomic E-state index is -0.325. The summed E-state index contributed by atoms with van der Waals surface area (Å²) in [7, 11) is 0. The summed E-state index contributed by atoms with van der Waals surface area (Å²) in [5.41, 5.74) is 5.68. The van der Waals surface area contributed by atoms with Gasteiger partial charge in [-0.3, -0.25) is 4.79 Å². The third kappa shape index (κ3) is 3.82. The molecular weight excluding hydrogens is 188 g/mol. The molecule has 1 saturated carbocycles. The Kier molecular flexibility index (Phi) is 5.09. The fourth-order valence-electron chi connectivity index (χ4n) is 2.21. The normalized spacial score (nSPS) is 28.5. The topological polar surface area (TPSA) is 55.1 Å². The highest BCUT2D eigenvalue weighted by atomic mass is 16.2. The molecule has 0 aromatic carbocycles. The quantitative estimate of drug-likeness (QED) is 0.746. The van der Waals surface area contributed by atoms with Crippen molar-refractivity contribution in [3.8, 4) is 0 Å². The molecule has 0 heterocycles. The molecule has 15 heavy (non-hydrogen) atoms. The molecule has 1 unspecified atom stereocenters. The van der Waals surface area contributed by atoms with Gasteiger partial charge in [0.15, 0.2) is 0 Å². The van der Waals surface area contributed by atoms with E-state index < -0.39 is 0 Å². The van der Waals surface area contributed by atoms with Gasteiger partial charge in [-0.25, -0.2) is 0 Å². The number of nitrogens with two attached hydrogens (primary N) is 1. The highest BCUT2D eigenvalue weighted by Gasteiger charge is 2.22. The van der Waals surface area contributed by atoms with Crippen LogP contribution in [-0.2, 0) is 4.79 Å². The van der Waals surface area contributed by atoms with Gasteiger partial charge in [-0.1, -0.05) is 20.3 Å². The maximum atomic E-state index is 11.6. The first-order chi connectivity index (χ1) is 7.17. The second-order valence-electron chi connectivity index (χ2n) is 4.65. The summed E-state index contributed by atoms with van der Waals surface area (Å²) >= 11 is 0. The van der Waals surface area contributed by atoms with Crippen LogP contribution in [0.25, 0.3) is 0 Å². The molecule has 1 aliphatic rings. The Morgan fingerprint density at radius 1 is 1.33 bits per heavy atom. The first kappa shape index (κ1) is 12.5. The van der Waals surface area contributed by atoms with E-state index in [1.54, 1.807) is 0 Å². The smallest absolute Gasteiger partial charge is 0.237 e. The van der Waals surface area contributed by atoms with Crippen LogP contribution in [0.2, 0.25) is 0 Å². The average molecular weight is 212 g/mol. The summed E-state index contributed by atoms with van der Waals surface area (Å²) < 4.78 is 0. The van der Waals surface area contributed by atoms with Crippen molar-refractivity contribution < 1.29 is 4.79 Å². The Bertz CT molecular complexity index is 198. The van der Waals surface area contributed by atoms with Crippen LogP contribution in [-0.4, -0.2) is 18.0 Å². The Hall–Kier alpha value is -0.570. The maximum Gasteiger partial charge on any atom is 0.237 e. The molecule has 1 aliphatic carbocycles. The van der Waals surface area contributed by atoms with E-state index in [1.807, 2.05) is 6.92 Å². The molecule has 1 atom stereocenters. The monoisotopic (exact) mass is 212 g/mol. The second-order valence-corrected chi connectivity index (χ2v) is 4.65. The molecule has 0 saturated heterocycles. The number of rotatable bonds is 4. The van der Waals surface area contributed by atoms with E-state index in [1.165, 1.54) is 19.3 Å². The molecule has 3 nitrogen and oxygen atoms in total. The molecule has 3 N–H and O–H groups in total. The molecule has 1 amide bonds. The molecule has 0 aromatic rings. The van der Waals surface area contributed by atoms with Crippen molar-refractivity contribution in [1.29, 1.82) is 0 Å². The lowest BCUT2D eigenvalue weighted by molar-refractivity contribution is -0.123. The van der Waals surface area contributed by atoms with Crippen LogP contribution < -0.4 is 11.1 Å².